The van der Waals surface area contributed by atoms with Crippen LogP contribution in [0.4, 0.5) is 0 Å². The lowest BCUT2D eigenvalue weighted by molar-refractivity contribution is -0.167. The highest BCUT2D eigenvalue weighted by Gasteiger charge is 2.19. The van der Waals surface area contributed by atoms with E-state index in [9.17, 15) is 14.4 Å². The lowest BCUT2D eigenvalue weighted by Gasteiger charge is -2.18. The van der Waals surface area contributed by atoms with Crippen molar-refractivity contribution in [3.8, 4) is 0 Å². The lowest BCUT2D eigenvalue weighted by atomic mass is 10.0. The summed E-state index contributed by atoms with van der Waals surface area (Å²) in [7, 11) is 0. The Morgan fingerprint density at radius 3 is 0.782 bits per heavy atom. The molecule has 0 aliphatic carbocycles. The smallest absolute Gasteiger partial charge is 0.306 e. The molecule has 6 nitrogen and oxygen atoms in total. The third-order valence-corrected chi connectivity index (χ3v) is 14.0. The maximum absolute atomic E-state index is 12.9. The Morgan fingerprint density at radius 2 is 0.500 bits per heavy atom. The van der Waals surface area contributed by atoms with Crippen LogP contribution < -0.4 is 0 Å². The molecule has 0 amide bonds. The van der Waals surface area contributed by atoms with Crippen molar-refractivity contribution in [3.05, 3.63) is 109 Å². The highest BCUT2D eigenvalue weighted by Crippen LogP contribution is 2.17. The Kier molecular flexibility index (Phi) is 62.3. The van der Waals surface area contributed by atoms with Crippen LogP contribution in [-0.4, -0.2) is 37.2 Å². The van der Waals surface area contributed by atoms with Crippen molar-refractivity contribution < 1.29 is 28.6 Å². The lowest BCUT2D eigenvalue weighted by Crippen LogP contribution is -2.30. The molecule has 0 aromatic rings. The normalized spacial score (nSPS) is 12.8. The maximum atomic E-state index is 12.9. The van der Waals surface area contributed by atoms with Crippen LogP contribution in [0, 0.1) is 0 Å². The quantitative estimate of drug-likeness (QED) is 0.0261. The number of hydrogen-bond acceptors (Lipinski definition) is 6. The van der Waals surface area contributed by atoms with Gasteiger partial charge >= 0.3 is 17.9 Å². The molecule has 0 N–H and O–H groups in total. The van der Waals surface area contributed by atoms with Gasteiger partial charge in [0.2, 0.25) is 0 Å². The van der Waals surface area contributed by atoms with Gasteiger partial charge in [0.15, 0.2) is 6.10 Å². The van der Waals surface area contributed by atoms with Gasteiger partial charge in [0, 0.05) is 19.3 Å². The zero-order valence-electron chi connectivity index (χ0n) is 51.2. The molecule has 0 aliphatic heterocycles. The molecule has 0 aromatic heterocycles. The number of carbonyl (C=O) groups is 3. The molecule has 1 unspecified atom stereocenters. The Morgan fingerprint density at radius 1 is 0.269 bits per heavy atom. The fraction of sp³-hybridized carbons (Fsp3) is 0.708. The average Bonchev–Trinajstić information content (AvgIpc) is 3.44. The number of hydrogen-bond donors (Lipinski definition) is 0. The van der Waals surface area contributed by atoms with E-state index in [1.165, 1.54) is 135 Å². The summed E-state index contributed by atoms with van der Waals surface area (Å²) >= 11 is 0. The summed E-state index contributed by atoms with van der Waals surface area (Å²) in [6.45, 7) is 6.43. The first-order valence-corrected chi connectivity index (χ1v) is 32.9. The SMILES string of the molecule is CC/C=C\C/C=C\C/C=C\C/C=C\C/C=C\CCCCCCCCCCCC(=O)OCC(COC(=O)CCCCCCCCCCCCCCCCCC)OC(=O)CCCCCCCC/C=C\C/C=C\C/C=C\C/C=C\CC. The summed E-state index contributed by atoms with van der Waals surface area (Å²) < 4.78 is 17.0. The second-order valence-electron chi connectivity index (χ2n) is 21.6. The third-order valence-electron chi connectivity index (χ3n) is 14.0. The zero-order chi connectivity index (χ0) is 56.4. The Labute approximate surface area is 482 Å². The van der Waals surface area contributed by atoms with Gasteiger partial charge < -0.3 is 14.2 Å². The van der Waals surface area contributed by atoms with Gasteiger partial charge in [0.05, 0.1) is 0 Å². The summed E-state index contributed by atoms with van der Waals surface area (Å²) in [4.78, 5) is 38.4. The van der Waals surface area contributed by atoms with Crippen LogP contribution in [0.15, 0.2) is 109 Å². The molecule has 0 aromatic carbocycles. The first-order chi connectivity index (χ1) is 38.5. The van der Waals surface area contributed by atoms with E-state index in [4.69, 9.17) is 14.2 Å². The van der Waals surface area contributed by atoms with Crippen LogP contribution in [0.5, 0.6) is 0 Å². The summed E-state index contributed by atoms with van der Waals surface area (Å²) in [6.07, 6.45) is 89.5. The van der Waals surface area contributed by atoms with Crippen LogP contribution in [0.3, 0.4) is 0 Å². The molecule has 6 heteroatoms. The molecule has 0 heterocycles. The maximum Gasteiger partial charge on any atom is 0.306 e. The predicted octanol–water partition coefficient (Wildman–Crippen LogP) is 22.6. The molecular weight excluding hydrogens is 961 g/mol. The van der Waals surface area contributed by atoms with E-state index in [2.05, 4.69) is 130 Å². The monoisotopic (exact) mass is 1080 g/mol. The Hall–Kier alpha value is -3.93. The molecule has 0 bridgehead atoms. The topological polar surface area (TPSA) is 78.9 Å². The summed E-state index contributed by atoms with van der Waals surface area (Å²) in [5, 5.41) is 0. The largest absolute Gasteiger partial charge is 0.462 e. The van der Waals surface area contributed by atoms with Crippen LogP contribution in [0.25, 0.3) is 0 Å². The van der Waals surface area contributed by atoms with Gasteiger partial charge in [-0.15, -0.1) is 0 Å². The Bertz CT molecular complexity index is 1570. The van der Waals surface area contributed by atoms with Crippen LogP contribution in [-0.2, 0) is 28.6 Å². The number of rotatable bonds is 59. The third kappa shape index (κ3) is 62.9. The fourth-order valence-electron chi connectivity index (χ4n) is 9.17. The van der Waals surface area contributed by atoms with Gasteiger partial charge in [0.25, 0.3) is 0 Å². The molecule has 78 heavy (non-hydrogen) atoms. The van der Waals surface area contributed by atoms with Gasteiger partial charge in [-0.2, -0.15) is 0 Å². The van der Waals surface area contributed by atoms with E-state index in [0.29, 0.717) is 19.3 Å². The van der Waals surface area contributed by atoms with Gasteiger partial charge in [-0.1, -0.05) is 297 Å². The summed E-state index contributed by atoms with van der Waals surface area (Å²) in [5.74, 6) is -0.893. The summed E-state index contributed by atoms with van der Waals surface area (Å²) in [5.41, 5.74) is 0. The minimum Gasteiger partial charge on any atom is -0.462 e. The van der Waals surface area contributed by atoms with Crippen molar-refractivity contribution in [1.29, 1.82) is 0 Å². The van der Waals surface area contributed by atoms with Crippen LogP contribution >= 0.6 is 0 Å². The highest BCUT2D eigenvalue weighted by atomic mass is 16.6. The van der Waals surface area contributed by atoms with Crippen molar-refractivity contribution in [1.82, 2.24) is 0 Å². The van der Waals surface area contributed by atoms with E-state index in [-0.39, 0.29) is 31.1 Å². The first kappa shape index (κ1) is 74.1. The average molecular weight is 1080 g/mol. The molecule has 446 valence electrons. The predicted molar refractivity (Wildman–Crippen MR) is 339 cm³/mol. The molecule has 0 aliphatic rings. The van der Waals surface area contributed by atoms with E-state index in [0.717, 1.165) is 135 Å². The van der Waals surface area contributed by atoms with E-state index < -0.39 is 6.10 Å². The molecule has 0 saturated heterocycles. The first-order valence-electron chi connectivity index (χ1n) is 32.9. The fourth-order valence-corrected chi connectivity index (χ4v) is 9.17. The molecular formula is C72H122O6. The molecule has 1 atom stereocenters. The van der Waals surface area contributed by atoms with Gasteiger partial charge in [-0.3, -0.25) is 14.4 Å². The van der Waals surface area contributed by atoms with Crippen molar-refractivity contribution in [2.75, 3.05) is 13.2 Å². The van der Waals surface area contributed by atoms with Crippen LogP contribution in [0.1, 0.15) is 310 Å². The standard InChI is InChI=1S/C72H122O6/c1-4-7-10-13-16-19-22-25-28-31-33-34-35-36-37-38-40-41-44-47-50-53-56-59-62-65-71(74)77-68-69(67-76-70(73)64-61-58-55-52-49-46-43-30-27-24-21-18-15-12-9-6-3)78-72(75)66-63-60-57-54-51-48-45-42-39-32-29-26-23-20-17-14-11-8-5-2/h7-8,10-11,16-17,19-20,25-26,28-29,33-34,36-37,39,42,69H,4-6,9,12-15,18,21-24,27,30-32,35,38,40-41,43-68H2,1-3H3/b10-7-,11-8-,19-16-,20-17-,28-25-,29-26-,34-33-,37-36-,42-39-. The second kappa shape index (κ2) is 65.6. The van der Waals surface area contributed by atoms with E-state index in [1.54, 1.807) is 0 Å². The van der Waals surface area contributed by atoms with Crippen molar-refractivity contribution in [3.63, 3.8) is 0 Å². The second-order valence-corrected chi connectivity index (χ2v) is 21.6. The van der Waals surface area contributed by atoms with Gasteiger partial charge in [-0.05, 0) is 103 Å². The minimum absolute atomic E-state index is 0.0840. The Balaban J connectivity index is 4.39. The van der Waals surface area contributed by atoms with Crippen molar-refractivity contribution >= 4 is 17.9 Å². The van der Waals surface area contributed by atoms with Crippen molar-refractivity contribution in [2.24, 2.45) is 0 Å². The number of allylic oxidation sites excluding steroid dienone is 18. The molecule has 0 saturated carbocycles. The summed E-state index contributed by atoms with van der Waals surface area (Å²) in [6, 6.07) is 0. The van der Waals surface area contributed by atoms with E-state index in [1.807, 2.05) is 0 Å². The van der Waals surface area contributed by atoms with Gasteiger partial charge in [-0.25, -0.2) is 0 Å². The number of ether oxygens (including phenoxy) is 3. The van der Waals surface area contributed by atoms with Gasteiger partial charge in [0.1, 0.15) is 13.2 Å². The highest BCUT2D eigenvalue weighted by molar-refractivity contribution is 5.71. The minimum atomic E-state index is -0.790. The number of esters is 3. The molecule has 0 rings (SSSR count). The molecule has 0 spiro atoms. The molecule has 0 fully saturated rings. The number of unbranched alkanes of at least 4 members (excludes halogenated alkanes) is 30. The number of carbonyl (C=O) groups excluding carboxylic acids is 3. The zero-order valence-corrected chi connectivity index (χ0v) is 51.2. The van der Waals surface area contributed by atoms with E-state index >= 15 is 0 Å². The van der Waals surface area contributed by atoms with Crippen molar-refractivity contribution in [2.45, 2.75) is 316 Å². The molecule has 0 radical (unpaired) electrons. The van der Waals surface area contributed by atoms with Crippen LogP contribution in [0.2, 0.25) is 0 Å².